The molecular weight excluding hydrogens is 350 g/mol. The topological polar surface area (TPSA) is 74.8 Å². The molecule has 0 saturated carbocycles. The Kier molecular flexibility index (Phi) is 4.44. The van der Waals surface area contributed by atoms with Gasteiger partial charge in [-0.15, -0.1) is 11.3 Å². The minimum absolute atomic E-state index is 0.314. The summed E-state index contributed by atoms with van der Waals surface area (Å²) in [6, 6.07) is 1.27. The number of hydrogen-bond donors (Lipinski definition) is 2. The van der Waals surface area contributed by atoms with E-state index in [9.17, 15) is 8.42 Å². The van der Waals surface area contributed by atoms with E-state index >= 15 is 0 Å². The first-order valence-corrected chi connectivity index (χ1v) is 8.81. The fourth-order valence-electron chi connectivity index (χ4n) is 1.75. The first-order chi connectivity index (χ1) is 8.94. The van der Waals surface area contributed by atoms with Crippen LogP contribution in [-0.2, 0) is 10.0 Å². The molecule has 2 N–H and O–H groups in total. The van der Waals surface area contributed by atoms with Crippen LogP contribution in [-0.4, -0.2) is 18.4 Å². The molecule has 1 atom stereocenters. The number of sulfonamides is 1. The van der Waals surface area contributed by atoms with Crippen molar-refractivity contribution in [3.05, 3.63) is 32.9 Å². The second-order valence-electron chi connectivity index (χ2n) is 4.03. The monoisotopic (exact) mass is 363 g/mol. The summed E-state index contributed by atoms with van der Waals surface area (Å²) >= 11 is 4.71. The molecule has 5 nitrogen and oxygen atoms in total. The van der Waals surface area contributed by atoms with Crippen LogP contribution in [0.3, 0.4) is 0 Å². The summed E-state index contributed by atoms with van der Waals surface area (Å²) in [6.07, 6.45) is 3.91. The molecule has 0 aliphatic heterocycles. The van der Waals surface area contributed by atoms with Crippen molar-refractivity contribution in [2.45, 2.75) is 31.2 Å². The highest BCUT2D eigenvalue weighted by molar-refractivity contribution is 9.11. The number of halogens is 1. The molecule has 0 aromatic carbocycles. The Hall–Kier alpha value is -0.700. The molecule has 19 heavy (non-hydrogen) atoms. The lowest BCUT2D eigenvalue weighted by Gasteiger charge is -2.14. The van der Waals surface area contributed by atoms with Gasteiger partial charge in [0.1, 0.15) is 5.82 Å². The fraction of sp³-hybridized carbons (Fsp3) is 0.364. The van der Waals surface area contributed by atoms with E-state index in [1.165, 1.54) is 11.3 Å². The summed E-state index contributed by atoms with van der Waals surface area (Å²) in [6.45, 7) is 3.70. The van der Waals surface area contributed by atoms with Crippen molar-refractivity contribution in [3.63, 3.8) is 0 Å². The number of hydrogen-bond acceptors (Lipinski definition) is 4. The number of nitrogens with zero attached hydrogens (tertiary/aromatic N) is 1. The molecule has 0 aliphatic carbocycles. The maximum Gasteiger partial charge on any atom is 0.242 e. The Bertz CT molecular complexity index is 650. The Morgan fingerprint density at radius 2 is 2.32 bits per heavy atom. The summed E-state index contributed by atoms with van der Waals surface area (Å²) in [5, 5.41) is 0. The molecule has 0 bridgehead atoms. The molecule has 2 rings (SSSR count). The number of aromatic amines is 1. The minimum atomic E-state index is -3.54. The largest absolute Gasteiger partial charge is 0.347 e. The van der Waals surface area contributed by atoms with E-state index in [1.54, 1.807) is 25.4 Å². The predicted octanol–water partition coefficient (Wildman–Crippen LogP) is 2.97. The van der Waals surface area contributed by atoms with Crippen molar-refractivity contribution in [2.24, 2.45) is 0 Å². The smallest absolute Gasteiger partial charge is 0.242 e. The second-order valence-corrected chi connectivity index (χ2v) is 8.35. The van der Waals surface area contributed by atoms with Crippen LogP contribution in [0, 0.1) is 6.92 Å². The van der Waals surface area contributed by atoms with Crippen LogP contribution < -0.4 is 4.72 Å². The molecule has 0 spiro atoms. The summed E-state index contributed by atoms with van der Waals surface area (Å²) in [4.78, 5) is 8.11. The molecule has 0 radical (unpaired) electrons. The van der Waals surface area contributed by atoms with Gasteiger partial charge in [0.15, 0.2) is 0 Å². The van der Waals surface area contributed by atoms with E-state index in [2.05, 4.69) is 30.6 Å². The molecule has 104 valence electrons. The Morgan fingerprint density at radius 1 is 1.58 bits per heavy atom. The lowest BCUT2D eigenvalue weighted by molar-refractivity contribution is 0.539. The van der Waals surface area contributed by atoms with Crippen LogP contribution in [0.5, 0.6) is 0 Å². The van der Waals surface area contributed by atoms with Crippen molar-refractivity contribution in [1.29, 1.82) is 0 Å². The number of nitrogens with one attached hydrogen (secondary N) is 2. The molecule has 0 saturated heterocycles. The summed E-state index contributed by atoms with van der Waals surface area (Å²) in [5.74, 6) is 0.623. The number of rotatable bonds is 5. The third kappa shape index (κ3) is 3.25. The average molecular weight is 364 g/mol. The van der Waals surface area contributed by atoms with Gasteiger partial charge in [0.2, 0.25) is 10.0 Å². The Labute approximate surface area is 124 Å². The summed E-state index contributed by atoms with van der Waals surface area (Å²) in [7, 11) is -3.54. The van der Waals surface area contributed by atoms with Gasteiger partial charge in [0.25, 0.3) is 0 Å². The van der Waals surface area contributed by atoms with Crippen LogP contribution in [0.4, 0.5) is 0 Å². The van der Waals surface area contributed by atoms with Crippen LogP contribution >= 0.6 is 27.3 Å². The fourth-order valence-corrected chi connectivity index (χ4v) is 5.45. The van der Waals surface area contributed by atoms with Crippen molar-refractivity contribution in [1.82, 2.24) is 14.7 Å². The number of H-pyrrole nitrogens is 1. The van der Waals surface area contributed by atoms with Gasteiger partial charge in [0, 0.05) is 17.3 Å². The van der Waals surface area contributed by atoms with Crippen molar-refractivity contribution in [2.75, 3.05) is 0 Å². The maximum atomic E-state index is 12.4. The molecule has 1 unspecified atom stereocenters. The molecule has 0 amide bonds. The quantitative estimate of drug-likeness (QED) is 0.857. The molecule has 0 aliphatic rings. The third-order valence-electron chi connectivity index (χ3n) is 2.69. The molecule has 2 aromatic rings. The SMILES string of the molecule is CCC(NS(=O)(=O)c1cc(Br)sc1C)c1ncc[nH]1. The second kappa shape index (κ2) is 5.74. The van der Waals surface area contributed by atoms with Crippen molar-refractivity contribution < 1.29 is 8.42 Å². The molecule has 2 heterocycles. The molecular formula is C11H14BrN3O2S2. The van der Waals surface area contributed by atoms with Crippen LogP contribution in [0.25, 0.3) is 0 Å². The Morgan fingerprint density at radius 3 is 2.79 bits per heavy atom. The highest BCUT2D eigenvalue weighted by Gasteiger charge is 2.24. The van der Waals surface area contributed by atoms with E-state index in [0.29, 0.717) is 17.1 Å². The average Bonchev–Trinajstić information content (AvgIpc) is 2.96. The standard InChI is InChI=1S/C11H14BrN3O2S2/c1-3-8(11-13-4-5-14-11)15-19(16,17)9-6-10(12)18-7(9)2/h4-6,8,15H,3H2,1-2H3,(H,13,14). The molecule has 2 aromatic heterocycles. The van der Waals surface area contributed by atoms with Gasteiger partial charge >= 0.3 is 0 Å². The van der Waals surface area contributed by atoms with Crippen LogP contribution in [0.1, 0.15) is 30.1 Å². The molecule has 0 fully saturated rings. The highest BCUT2D eigenvalue weighted by Crippen LogP contribution is 2.30. The normalized spacial score (nSPS) is 13.6. The third-order valence-corrected chi connectivity index (χ3v) is 5.97. The van der Waals surface area contributed by atoms with Gasteiger partial charge in [0.05, 0.1) is 14.7 Å². The predicted molar refractivity (Wildman–Crippen MR) is 78.7 cm³/mol. The summed E-state index contributed by atoms with van der Waals surface area (Å²) < 4.78 is 28.2. The number of aromatic nitrogens is 2. The first kappa shape index (κ1) is 14.7. The lowest BCUT2D eigenvalue weighted by atomic mass is 10.2. The minimum Gasteiger partial charge on any atom is -0.347 e. The number of imidazole rings is 1. The maximum absolute atomic E-state index is 12.4. The van der Waals surface area contributed by atoms with E-state index < -0.39 is 10.0 Å². The molecule has 8 heteroatoms. The zero-order valence-corrected chi connectivity index (χ0v) is 13.7. The van der Waals surface area contributed by atoms with E-state index in [-0.39, 0.29) is 6.04 Å². The van der Waals surface area contributed by atoms with Gasteiger partial charge in [-0.05, 0) is 35.3 Å². The van der Waals surface area contributed by atoms with Crippen molar-refractivity contribution >= 4 is 37.3 Å². The van der Waals surface area contributed by atoms with Gasteiger partial charge in [-0.25, -0.2) is 18.1 Å². The lowest BCUT2D eigenvalue weighted by Crippen LogP contribution is -2.29. The van der Waals surface area contributed by atoms with E-state index in [4.69, 9.17) is 0 Å². The van der Waals surface area contributed by atoms with Gasteiger partial charge in [-0.1, -0.05) is 6.92 Å². The van der Waals surface area contributed by atoms with Gasteiger partial charge < -0.3 is 4.98 Å². The number of aryl methyl sites for hydroxylation is 1. The van der Waals surface area contributed by atoms with Gasteiger partial charge in [-0.2, -0.15) is 0 Å². The van der Waals surface area contributed by atoms with Gasteiger partial charge in [-0.3, -0.25) is 0 Å². The zero-order valence-electron chi connectivity index (χ0n) is 10.5. The zero-order chi connectivity index (χ0) is 14.0. The van der Waals surface area contributed by atoms with Crippen LogP contribution in [0.2, 0.25) is 0 Å². The van der Waals surface area contributed by atoms with Crippen LogP contribution in [0.15, 0.2) is 27.1 Å². The van der Waals surface area contributed by atoms with E-state index in [0.717, 1.165) is 8.66 Å². The van der Waals surface area contributed by atoms with E-state index in [1.807, 2.05) is 6.92 Å². The summed E-state index contributed by atoms with van der Waals surface area (Å²) in [5.41, 5.74) is 0. The highest BCUT2D eigenvalue weighted by atomic mass is 79.9. The van der Waals surface area contributed by atoms with Crippen molar-refractivity contribution in [3.8, 4) is 0 Å². The Balaban J connectivity index is 2.28. The first-order valence-electron chi connectivity index (χ1n) is 5.71. The number of thiophene rings is 1.